The van der Waals surface area contributed by atoms with Crippen molar-refractivity contribution in [3.05, 3.63) is 29.3 Å². The van der Waals surface area contributed by atoms with E-state index in [2.05, 4.69) is 17.2 Å². The number of halogens is 2. The van der Waals surface area contributed by atoms with Crippen LogP contribution in [0.2, 0.25) is 0 Å². The quantitative estimate of drug-likeness (QED) is 0.605. The molecule has 2 nitrogen and oxygen atoms in total. The summed E-state index contributed by atoms with van der Waals surface area (Å²) in [5.41, 5.74) is 0.573. The van der Waals surface area contributed by atoms with Crippen molar-refractivity contribution < 1.29 is 13.5 Å². The zero-order valence-electron chi connectivity index (χ0n) is 11.4. The van der Waals surface area contributed by atoms with E-state index in [9.17, 15) is 8.78 Å². The third-order valence-electron chi connectivity index (χ3n) is 2.46. The van der Waals surface area contributed by atoms with Gasteiger partial charge in [-0.05, 0) is 37.6 Å². The fourth-order valence-corrected chi connectivity index (χ4v) is 1.59. The van der Waals surface area contributed by atoms with Crippen LogP contribution in [0.15, 0.2) is 12.1 Å². The van der Waals surface area contributed by atoms with Crippen LogP contribution in [0.5, 0.6) is 5.75 Å². The minimum absolute atomic E-state index is 0.183. The van der Waals surface area contributed by atoms with Gasteiger partial charge in [0.25, 0.3) is 0 Å². The highest BCUT2D eigenvalue weighted by Gasteiger charge is 2.12. The van der Waals surface area contributed by atoms with Gasteiger partial charge in [-0.2, -0.15) is 0 Å². The summed E-state index contributed by atoms with van der Waals surface area (Å²) in [6, 6.07) is 2.60. The lowest BCUT2D eigenvalue weighted by atomic mass is 10.2. The van der Waals surface area contributed by atoms with Crippen LogP contribution in [0.4, 0.5) is 8.78 Å². The topological polar surface area (TPSA) is 21.3 Å². The largest absolute Gasteiger partial charge is 0.487 e. The van der Waals surface area contributed by atoms with Crippen molar-refractivity contribution in [2.24, 2.45) is 0 Å². The van der Waals surface area contributed by atoms with E-state index in [1.807, 2.05) is 6.92 Å². The monoisotopic (exact) mass is 267 g/mol. The highest BCUT2D eigenvalue weighted by Crippen LogP contribution is 2.23. The lowest BCUT2D eigenvalue weighted by Crippen LogP contribution is -2.14. The Bertz CT molecular complexity index is 440. The number of hydrogen-bond acceptors (Lipinski definition) is 2. The summed E-state index contributed by atoms with van der Waals surface area (Å²) in [4.78, 5) is 0. The van der Waals surface area contributed by atoms with E-state index < -0.39 is 11.6 Å². The Kier molecular flexibility index (Phi) is 6.91. The molecule has 0 heterocycles. The summed E-state index contributed by atoms with van der Waals surface area (Å²) in [7, 11) is 0. The molecule has 0 saturated carbocycles. The van der Waals surface area contributed by atoms with Crippen molar-refractivity contribution in [3.8, 4) is 17.6 Å². The third kappa shape index (κ3) is 5.27. The van der Waals surface area contributed by atoms with Crippen LogP contribution in [0.25, 0.3) is 0 Å². The fraction of sp³-hybridized carbons (Fsp3) is 0.467. The maximum absolute atomic E-state index is 13.7. The van der Waals surface area contributed by atoms with Crippen molar-refractivity contribution in [2.75, 3.05) is 13.2 Å². The predicted octanol–water partition coefficient (Wildman–Crippen LogP) is 3.26. The molecule has 0 spiro atoms. The molecule has 0 aliphatic carbocycles. The minimum atomic E-state index is -0.669. The Morgan fingerprint density at radius 3 is 2.53 bits per heavy atom. The van der Waals surface area contributed by atoms with Gasteiger partial charge in [0.2, 0.25) is 0 Å². The van der Waals surface area contributed by atoms with Crippen molar-refractivity contribution in [1.82, 2.24) is 5.32 Å². The first-order chi connectivity index (χ1) is 9.19. The Hall–Kier alpha value is -1.60. The van der Waals surface area contributed by atoms with Crippen LogP contribution >= 0.6 is 0 Å². The van der Waals surface area contributed by atoms with E-state index in [4.69, 9.17) is 4.74 Å². The van der Waals surface area contributed by atoms with E-state index in [0.717, 1.165) is 13.0 Å². The van der Waals surface area contributed by atoms with Gasteiger partial charge in [0.15, 0.2) is 17.4 Å². The molecule has 0 aliphatic rings. The highest BCUT2D eigenvalue weighted by atomic mass is 19.1. The molecule has 0 fully saturated rings. The Morgan fingerprint density at radius 2 is 1.95 bits per heavy atom. The van der Waals surface area contributed by atoms with Crippen molar-refractivity contribution in [2.45, 2.75) is 33.2 Å². The molecule has 0 amide bonds. The first-order valence-electron chi connectivity index (χ1n) is 6.40. The zero-order chi connectivity index (χ0) is 14.1. The average molecular weight is 267 g/mol. The third-order valence-corrected chi connectivity index (χ3v) is 2.46. The van der Waals surface area contributed by atoms with Crippen molar-refractivity contribution in [3.63, 3.8) is 0 Å². The molecule has 0 unspecified atom stereocenters. The van der Waals surface area contributed by atoms with Crippen LogP contribution in [-0.4, -0.2) is 13.2 Å². The maximum atomic E-state index is 13.7. The normalized spacial score (nSPS) is 9.89. The Labute approximate surface area is 113 Å². The predicted molar refractivity (Wildman–Crippen MR) is 71.9 cm³/mol. The van der Waals surface area contributed by atoms with Gasteiger partial charge in [-0.15, -0.1) is 11.8 Å². The number of rotatable bonds is 7. The Balaban J connectivity index is 2.64. The minimum Gasteiger partial charge on any atom is -0.487 e. The Morgan fingerprint density at radius 1 is 1.26 bits per heavy atom. The second-order valence-electron chi connectivity index (χ2n) is 4.09. The van der Waals surface area contributed by atoms with Gasteiger partial charge in [-0.3, -0.25) is 0 Å². The van der Waals surface area contributed by atoms with Crippen LogP contribution < -0.4 is 10.1 Å². The van der Waals surface area contributed by atoms with E-state index in [-0.39, 0.29) is 12.4 Å². The van der Waals surface area contributed by atoms with E-state index in [1.54, 1.807) is 6.92 Å². The molecule has 0 saturated heterocycles. The molecule has 1 rings (SSSR count). The lowest BCUT2D eigenvalue weighted by molar-refractivity contribution is 0.292. The van der Waals surface area contributed by atoms with Crippen molar-refractivity contribution >= 4 is 0 Å². The lowest BCUT2D eigenvalue weighted by Gasteiger charge is -2.09. The molecule has 0 aliphatic heterocycles. The molecular formula is C15H19F2NO. The van der Waals surface area contributed by atoms with Gasteiger partial charge in [-0.1, -0.05) is 6.92 Å². The molecule has 0 radical (unpaired) electrons. The number of nitrogens with one attached hydrogen (secondary N) is 1. The molecule has 1 aromatic rings. The zero-order valence-corrected chi connectivity index (χ0v) is 11.4. The standard InChI is InChI=1S/C15H19F2NO/c1-3-5-6-8-19-15-13(16)9-12(10-14(15)17)11-18-7-4-2/h9-10,18H,4,6-8,11H2,1-2H3. The summed E-state index contributed by atoms with van der Waals surface area (Å²) >= 11 is 0. The van der Waals surface area contributed by atoms with E-state index in [0.29, 0.717) is 18.5 Å². The SMILES string of the molecule is CC#CCCOc1c(F)cc(CNCCC)cc1F. The number of hydrogen-bond donors (Lipinski definition) is 1. The number of benzene rings is 1. The highest BCUT2D eigenvalue weighted by molar-refractivity contribution is 5.31. The van der Waals surface area contributed by atoms with Crippen LogP contribution in [-0.2, 0) is 6.54 Å². The first-order valence-corrected chi connectivity index (χ1v) is 6.40. The molecule has 1 N–H and O–H groups in total. The summed E-state index contributed by atoms with van der Waals surface area (Å²) in [5, 5.41) is 3.09. The second kappa shape index (κ2) is 8.49. The van der Waals surface area contributed by atoms with Gasteiger partial charge in [0.1, 0.15) is 0 Å². The van der Waals surface area contributed by atoms with Crippen LogP contribution in [0.3, 0.4) is 0 Å². The van der Waals surface area contributed by atoms with Crippen molar-refractivity contribution in [1.29, 1.82) is 0 Å². The van der Waals surface area contributed by atoms with Crippen LogP contribution in [0.1, 0.15) is 32.3 Å². The van der Waals surface area contributed by atoms with Gasteiger partial charge >= 0.3 is 0 Å². The van der Waals surface area contributed by atoms with Gasteiger partial charge < -0.3 is 10.1 Å². The summed E-state index contributed by atoms with van der Waals surface area (Å²) in [5.74, 6) is 3.81. The molecule has 0 aromatic heterocycles. The molecular weight excluding hydrogens is 248 g/mol. The molecule has 4 heteroatoms. The first kappa shape index (κ1) is 15.5. The second-order valence-corrected chi connectivity index (χ2v) is 4.09. The number of ether oxygens (including phenoxy) is 1. The molecule has 104 valence electrons. The summed E-state index contributed by atoms with van der Waals surface area (Å²) in [6.07, 6.45) is 1.43. The molecule has 19 heavy (non-hydrogen) atoms. The van der Waals surface area contributed by atoms with E-state index >= 15 is 0 Å². The summed E-state index contributed by atoms with van der Waals surface area (Å²) in [6.45, 7) is 5.19. The smallest absolute Gasteiger partial charge is 0.190 e. The van der Waals surface area contributed by atoms with Gasteiger partial charge in [-0.25, -0.2) is 8.78 Å². The molecule has 0 atom stereocenters. The van der Waals surface area contributed by atoms with E-state index in [1.165, 1.54) is 12.1 Å². The molecule has 0 bridgehead atoms. The van der Waals surface area contributed by atoms with Crippen LogP contribution in [0, 0.1) is 23.5 Å². The summed E-state index contributed by atoms with van der Waals surface area (Å²) < 4.78 is 32.5. The molecule has 1 aromatic carbocycles. The van der Waals surface area contributed by atoms with Gasteiger partial charge in [0, 0.05) is 13.0 Å². The van der Waals surface area contributed by atoms with Gasteiger partial charge in [0.05, 0.1) is 6.61 Å². The fourth-order valence-electron chi connectivity index (χ4n) is 1.59. The average Bonchev–Trinajstić information content (AvgIpc) is 2.37. The maximum Gasteiger partial charge on any atom is 0.190 e.